The molecule has 0 saturated heterocycles. The van der Waals surface area contributed by atoms with Crippen LogP contribution in [0, 0.1) is 11.8 Å². The van der Waals surface area contributed by atoms with E-state index in [9.17, 15) is 9.59 Å². The Morgan fingerprint density at radius 2 is 1.93 bits per heavy atom. The van der Waals surface area contributed by atoms with Crippen LogP contribution in [0.3, 0.4) is 0 Å². The van der Waals surface area contributed by atoms with Crippen LogP contribution in [-0.2, 0) is 19.1 Å². The number of fused-ring (bicyclic) bond motifs is 1. The van der Waals surface area contributed by atoms with Gasteiger partial charge in [-0.05, 0) is 51.0 Å². The summed E-state index contributed by atoms with van der Waals surface area (Å²) in [6.07, 6.45) is 3.48. The van der Waals surface area contributed by atoms with E-state index < -0.39 is 0 Å². The first-order chi connectivity index (χ1) is 14.0. The second-order valence-corrected chi connectivity index (χ2v) is 8.87. The normalized spacial score (nSPS) is 29.2. The number of nitrogens with zero attached hydrogens (tertiary/aromatic N) is 1. The Bertz CT molecular complexity index is 800. The molecule has 0 bridgehead atoms. The second kappa shape index (κ2) is 8.31. The van der Waals surface area contributed by atoms with Crippen LogP contribution >= 0.6 is 0 Å². The van der Waals surface area contributed by atoms with Crippen molar-refractivity contribution in [1.82, 2.24) is 4.90 Å². The molecule has 1 saturated carbocycles. The number of ether oxygens (including phenoxy) is 2. The van der Waals surface area contributed by atoms with Crippen molar-refractivity contribution < 1.29 is 19.1 Å². The molecule has 0 radical (unpaired) electrons. The van der Waals surface area contributed by atoms with Gasteiger partial charge in [-0.1, -0.05) is 37.3 Å². The van der Waals surface area contributed by atoms with Crippen molar-refractivity contribution in [2.75, 3.05) is 13.2 Å². The summed E-state index contributed by atoms with van der Waals surface area (Å²) in [7, 11) is 0. The van der Waals surface area contributed by atoms with Crippen LogP contribution in [0.2, 0.25) is 0 Å². The van der Waals surface area contributed by atoms with Gasteiger partial charge < -0.3 is 14.4 Å². The van der Waals surface area contributed by atoms with E-state index in [-0.39, 0.29) is 35.9 Å². The van der Waals surface area contributed by atoms with Gasteiger partial charge in [0.1, 0.15) is 6.10 Å². The van der Waals surface area contributed by atoms with Crippen LogP contribution in [-0.4, -0.2) is 41.9 Å². The van der Waals surface area contributed by atoms with Crippen molar-refractivity contribution in [3.05, 3.63) is 47.2 Å². The topological polar surface area (TPSA) is 55.8 Å². The Morgan fingerprint density at radius 3 is 2.66 bits per heavy atom. The average Bonchev–Trinajstić information content (AvgIpc) is 2.99. The highest BCUT2D eigenvalue weighted by Gasteiger charge is 2.52. The number of benzene rings is 1. The van der Waals surface area contributed by atoms with Gasteiger partial charge in [0.15, 0.2) is 11.5 Å². The van der Waals surface area contributed by atoms with Gasteiger partial charge in [0.2, 0.25) is 0 Å². The van der Waals surface area contributed by atoms with Crippen molar-refractivity contribution in [2.24, 2.45) is 11.8 Å². The van der Waals surface area contributed by atoms with E-state index >= 15 is 0 Å². The largest absolute Gasteiger partial charge is 0.483 e. The monoisotopic (exact) mass is 397 g/mol. The van der Waals surface area contributed by atoms with Crippen LogP contribution in [0.5, 0.6) is 0 Å². The van der Waals surface area contributed by atoms with Crippen molar-refractivity contribution in [2.45, 2.75) is 64.7 Å². The molecule has 2 heterocycles. The molecule has 156 valence electrons. The number of hydrogen-bond acceptors (Lipinski definition) is 4. The molecule has 1 amide bonds. The van der Waals surface area contributed by atoms with Gasteiger partial charge in [-0.3, -0.25) is 9.59 Å². The molecule has 4 unspecified atom stereocenters. The third kappa shape index (κ3) is 3.85. The molecule has 1 fully saturated rings. The van der Waals surface area contributed by atoms with Crippen molar-refractivity contribution >= 4 is 11.7 Å². The molecule has 1 aliphatic carbocycles. The molecule has 4 rings (SSSR count). The summed E-state index contributed by atoms with van der Waals surface area (Å²) in [4.78, 5) is 28.6. The zero-order chi connectivity index (χ0) is 20.5. The number of carbonyl (C=O) groups is 2. The molecular weight excluding hydrogens is 366 g/mol. The van der Waals surface area contributed by atoms with E-state index in [0.717, 1.165) is 31.2 Å². The molecule has 2 aliphatic heterocycles. The minimum atomic E-state index is -0.358. The summed E-state index contributed by atoms with van der Waals surface area (Å²) in [5.74, 6) is 0.655. The Labute approximate surface area is 173 Å². The van der Waals surface area contributed by atoms with Gasteiger partial charge in [-0.2, -0.15) is 0 Å². The lowest BCUT2D eigenvalue weighted by atomic mass is 9.74. The lowest BCUT2D eigenvalue weighted by molar-refractivity contribution is -0.136. The van der Waals surface area contributed by atoms with Gasteiger partial charge >= 0.3 is 0 Å². The molecule has 5 heteroatoms. The predicted octanol–water partition coefficient (Wildman–Crippen LogP) is 4.04. The maximum absolute atomic E-state index is 13.5. The summed E-state index contributed by atoms with van der Waals surface area (Å²) in [6.45, 7) is 7.33. The first kappa shape index (κ1) is 20.1. The third-order valence-corrected chi connectivity index (χ3v) is 6.32. The fraction of sp³-hybridized carbons (Fsp3) is 0.583. The minimum Gasteiger partial charge on any atom is -0.483 e. The number of amides is 1. The molecule has 4 atom stereocenters. The molecule has 1 aromatic rings. The number of hydrogen-bond donors (Lipinski definition) is 0. The highest BCUT2D eigenvalue weighted by atomic mass is 16.5. The Morgan fingerprint density at radius 1 is 1.17 bits per heavy atom. The molecule has 3 aliphatic rings. The first-order valence-electron chi connectivity index (χ1n) is 10.9. The highest BCUT2D eigenvalue weighted by Crippen LogP contribution is 2.47. The fourth-order valence-corrected chi connectivity index (χ4v) is 4.89. The molecule has 5 nitrogen and oxygen atoms in total. The Balaban J connectivity index is 1.64. The van der Waals surface area contributed by atoms with Gasteiger partial charge in [0, 0.05) is 13.2 Å². The zero-order valence-corrected chi connectivity index (χ0v) is 17.6. The lowest BCUT2D eigenvalue weighted by Gasteiger charge is -2.37. The summed E-state index contributed by atoms with van der Waals surface area (Å²) < 4.78 is 11.9. The number of Topliss-reactive ketones (excluding diaryl/α,β-unsaturated/α-hetero) is 1. The molecule has 1 aromatic carbocycles. The summed E-state index contributed by atoms with van der Waals surface area (Å²) in [5, 5.41) is 0. The summed E-state index contributed by atoms with van der Waals surface area (Å²) >= 11 is 0. The number of ketones is 1. The van der Waals surface area contributed by atoms with Crippen LogP contribution in [0.4, 0.5) is 0 Å². The van der Waals surface area contributed by atoms with Crippen molar-refractivity contribution in [3.63, 3.8) is 0 Å². The third-order valence-electron chi connectivity index (χ3n) is 6.32. The average molecular weight is 398 g/mol. The molecule has 0 spiro atoms. The predicted molar refractivity (Wildman–Crippen MR) is 110 cm³/mol. The molecule has 29 heavy (non-hydrogen) atoms. The number of rotatable bonds is 6. The fourth-order valence-electron chi connectivity index (χ4n) is 4.89. The van der Waals surface area contributed by atoms with E-state index in [2.05, 4.69) is 6.92 Å². The van der Waals surface area contributed by atoms with Crippen LogP contribution in [0.15, 0.2) is 41.7 Å². The van der Waals surface area contributed by atoms with Crippen LogP contribution < -0.4 is 0 Å². The van der Waals surface area contributed by atoms with Gasteiger partial charge in [0.05, 0.1) is 23.6 Å². The highest BCUT2D eigenvalue weighted by molar-refractivity contribution is 6.11. The van der Waals surface area contributed by atoms with Gasteiger partial charge in [0.25, 0.3) is 5.91 Å². The van der Waals surface area contributed by atoms with E-state index in [1.54, 1.807) is 0 Å². The summed E-state index contributed by atoms with van der Waals surface area (Å²) in [6, 6.07) is 9.50. The van der Waals surface area contributed by atoms with Gasteiger partial charge in [-0.25, -0.2) is 0 Å². The van der Waals surface area contributed by atoms with Crippen LogP contribution in [0.1, 0.15) is 58.1 Å². The Kier molecular flexibility index (Phi) is 5.77. The second-order valence-electron chi connectivity index (χ2n) is 8.87. The quantitative estimate of drug-likeness (QED) is 0.680. The van der Waals surface area contributed by atoms with E-state index in [4.69, 9.17) is 9.47 Å². The Hall–Kier alpha value is -2.14. The minimum absolute atomic E-state index is 0.117. The maximum Gasteiger partial charge on any atom is 0.290 e. The summed E-state index contributed by atoms with van der Waals surface area (Å²) in [5.41, 5.74) is 1.54. The maximum atomic E-state index is 13.5. The van der Waals surface area contributed by atoms with Crippen LogP contribution in [0.25, 0.3) is 0 Å². The van der Waals surface area contributed by atoms with Crippen molar-refractivity contribution in [1.29, 1.82) is 0 Å². The standard InChI is InChI=1S/C24H31NO4/c1-15(2)28-13-7-12-25-21(17-8-5-4-6-9-17)20-22(26)18-14-16(3)10-11-19(18)29-23(20)24(25)27/h4-6,8-9,15-16,18-19,21H,7,10-14H2,1-3H3. The van der Waals surface area contributed by atoms with E-state index in [0.29, 0.717) is 30.4 Å². The SMILES string of the molecule is CC1CCC2OC3=C(C(=O)C2C1)C(c1ccccc1)N(CCCOC(C)C)C3=O. The first-order valence-corrected chi connectivity index (χ1v) is 10.9. The molecular formula is C24H31NO4. The zero-order valence-electron chi connectivity index (χ0n) is 17.6. The van der Waals surface area contributed by atoms with Gasteiger partial charge in [-0.15, -0.1) is 0 Å². The van der Waals surface area contributed by atoms with E-state index in [1.807, 2.05) is 49.1 Å². The lowest BCUT2D eigenvalue weighted by Crippen LogP contribution is -2.41. The van der Waals surface area contributed by atoms with E-state index in [1.165, 1.54) is 0 Å². The van der Waals surface area contributed by atoms with Crippen molar-refractivity contribution in [3.8, 4) is 0 Å². The smallest absolute Gasteiger partial charge is 0.290 e. The molecule has 0 aromatic heterocycles. The molecule has 0 N–H and O–H groups in total. The number of carbonyl (C=O) groups excluding carboxylic acids is 2.